The Morgan fingerprint density at radius 1 is 1.04 bits per heavy atom. The molecule has 0 bridgehead atoms. The van der Waals surface area contributed by atoms with Crippen molar-refractivity contribution in [3.8, 4) is 0 Å². The highest BCUT2D eigenvalue weighted by atomic mass is 16.6. The topological polar surface area (TPSA) is 18.5 Å². The highest BCUT2D eigenvalue weighted by molar-refractivity contribution is 5.22. The molecule has 1 aliphatic heterocycles. The van der Waals surface area contributed by atoms with Gasteiger partial charge in [0.25, 0.3) is 0 Å². The summed E-state index contributed by atoms with van der Waals surface area (Å²) in [4.78, 5) is 0. The van der Waals surface area contributed by atoms with Crippen LogP contribution in [0.1, 0.15) is 65.2 Å². The number of rotatable bonds is 0. The normalized spacial score (nSPS) is 56.8. The molecule has 2 nitrogen and oxygen atoms in total. The summed E-state index contributed by atoms with van der Waals surface area (Å²) in [5, 5.41) is 0. The van der Waals surface area contributed by atoms with Crippen LogP contribution in [-0.4, -0.2) is 25.4 Å². The zero-order valence-corrected chi connectivity index (χ0v) is 15.6. The van der Waals surface area contributed by atoms with E-state index in [2.05, 4.69) is 20.4 Å². The lowest BCUT2D eigenvalue weighted by Crippen LogP contribution is -2.55. The van der Waals surface area contributed by atoms with Gasteiger partial charge in [0.15, 0.2) is 0 Å². The maximum absolute atomic E-state index is 6.34. The molecule has 24 heavy (non-hydrogen) atoms. The Morgan fingerprint density at radius 3 is 2.75 bits per heavy atom. The van der Waals surface area contributed by atoms with Crippen LogP contribution in [-0.2, 0) is 9.47 Å². The molecule has 134 valence electrons. The number of allylic oxidation sites excluding steroid dienone is 1. The minimum absolute atomic E-state index is 0.331. The molecule has 0 radical (unpaired) electrons. The van der Waals surface area contributed by atoms with Gasteiger partial charge in [0.2, 0.25) is 0 Å². The van der Waals surface area contributed by atoms with Crippen molar-refractivity contribution in [2.24, 2.45) is 34.5 Å². The molecule has 8 atom stereocenters. The van der Waals surface area contributed by atoms with E-state index in [-0.39, 0.29) is 0 Å². The van der Waals surface area contributed by atoms with Gasteiger partial charge in [0, 0.05) is 0 Å². The summed E-state index contributed by atoms with van der Waals surface area (Å²) in [5.41, 5.74) is 2.52. The number of hydrogen-bond donors (Lipinski definition) is 0. The predicted molar refractivity (Wildman–Crippen MR) is 95.7 cm³/mol. The first-order valence-corrected chi connectivity index (χ1v) is 10.4. The van der Waals surface area contributed by atoms with Crippen molar-refractivity contribution < 1.29 is 9.47 Å². The van der Waals surface area contributed by atoms with E-state index in [4.69, 9.17) is 9.47 Å². The van der Waals surface area contributed by atoms with E-state index in [1.165, 1.54) is 51.4 Å². The Balaban J connectivity index is 1.53. The minimum Gasteiger partial charge on any atom is -0.373 e. The summed E-state index contributed by atoms with van der Waals surface area (Å²) >= 11 is 0. The van der Waals surface area contributed by atoms with E-state index < -0.39 is 0 Å². The SMILES string of the molecule is C=C1C[C@H]2CCCC[C@]2(C)[C@H]2CC[C@]3(C)CC4OCCOC4[C@H]3[C@H]12. The van der Waals surface area contributed by atoms with Crippen molar-refractivity contribution in [1.29, 1.82) is 0 Å². The number of fused-ring (bicyclic) bond motifs is 7. The molecule has 0 aromatic carbocycles. The van der Waals surface area contributed by atoms with E-state index in [9.17, 15) is 0 Å². The maximum Gasteiger partial charge on any atom is 0.0877 e. The molecule has 2 heteroatoms. The highest BCUT2D eigenvalue weighted by Crippen LogP contribution is 2.67. The first-order valence-electron chi connectivity index (χ1n) is 10.4. The second-order valence-electron chi connectivity index (χ2n) is 10.1. The third-order valence-corrected chi connectivity index (χ3v) is 9.04. The van der Waals surface area contributed by atoms with Crippen LogP contribution >= 0.6 is 0 Å². The molecule has 0 spiro atoms. The molecular formula is C22H34O2. The third kappa shape index (κ3) is 2.02. The Hall–Kier alpha value is -0.340. The van der Waals surface area contributed by atoms with Crippen LogP contribution in [0, 0.1) is 34.5 Å². The molecule has 4 saturated carbocycles. The average molecular weight is 331 g/mol. The van der Waals surface area contributed by atoms with Crippen molar-refractivity contribution >= 4 is 0 Å². The van der Waals surface area contributed by atoms with E-state index in [1.807, 2.05) is 0 Å². The molecule has 0 amide bonds. The summed E-state index contributed by atoms with van der Waals surface area (Å²) in [6.45, 7) is 11.4. The molecule has 5 rings (SSSR count). The first kappa shape index (κ1) is 15.9. The van der Waals surface area contributed by atoms with Gasteiger partial charge in [0.05, 0.1) is 25.4 Å². The average Bonchev–Trinajstić information content (AvgIpc) is 2.87. The summed E-state index contributed by atoms with van der Waals surface area (Å²) < 4.78 is 12.5. The minimum atomic E-state index is 0.331. The zero-order valence-electron chi connectivity index (χ0n) is 15.6. The van der Waals surface area contributed by atoms with Gasteiger partial charge in [-0.05, 0) is 73.0 Å². The molecule has 5 fully saturated rings. The molecule has 5 aliphatic rings. The predicted octanol–water partition coefficient (Wildman–Crippen LogP) is 4.98. The lowest BCUT2D eigenvalue weighted by molar-refractivity contribution is -0.160. The molecule has 1 saturated heterocycles. The summed E-state index contributed by atoms with van der Waals surface area (Å²) in [6.07, 6.45) is 11.7. The van der Waals surface area contributed by atoms with Gasteiger partial charge in [0.1, 0.15) is 0 Å². The van der Waals surface area contributed by atoms with Crippen LogP contribution in [0.3, 0.4) is 0 Å². The monoisotopic (exact) mass is 330 g/mol. The first-order chi connectivity index (χ1) is 11.5. The summed E-state index contributed by atoms with van der Waals surface area (Å²) in [5.74, 6) is 3.06. The van der Waals surface area contributed by atoms with Crippen molar-refractivity contribution in [3.05, 3.63) is 12.2 Å². The number of ether oxygens (including phenoxy) is 2. The molecule has 0 N–H and O–H groups in total. The van der Waals surface area contributed by atoms with Crippen LogP contribution in [0.2, 0.25) is 0 Å². The van der Waals surface area contributed by atoms with Crippen LogP contribution in [0.25, 0.3) is 0 Å². The molecule has 4 aliphatic carbocycles. The third-order valence-electron chi connectivity index (χ3n) is 9.04. The van der Waals surface area contributed by atoms with Gasteiger partial charge in [-0.15, -0.1) is 0 Å². The van der Waals surface area contributed by atoms with Gasteiger partial charge < -0.3 is 9.47 Å². The Bertz CT molecular complexity index is 542. The molecule has 1 heterocycles. The van der Waals surface area contributed by atoms with Crippen molar-refractivity contribution in [1.82, 2.24) is 0 Å². The lowest BCUT2D eigenvalue weighted by atomic mass is 9.44. The number of hydrogen-bond acceptors (Lipinski definition) is 2. The summed E-state index contributed by atoms with van der Waals surface area (Å²) in [7, 11) is 0. The lowest BCUT2D eigenvalue weighted by Gasteiger charge is -2.61. The fourth-order valence-electron chi connectivity index (χ4n) is 7.89. The van der Waals surface area contributed by atoms with Crippen LogP contribution in [0.5, 0.6) is 0 Å². The van der Waals surface area contributed by atoms with E-state index in [0.29, 0.717) is 34.9 Å². The standard InChI is InChI=1S/C22H34O2/c1-14-12-15-6-4-5-8-22(15,3)16-7-9-21(2)13-17-20(19(21)18(14)16)24-11-10-23-17/h15-20H,1,4-13H2,2-3H3/t15-,16+,17?,18-,19-,20?,21-,22+/m1/s1. The van der Waals surface area contributed by atoms with Crippen molar-refractivity contribution in [2.45, 2.75) is 77.4 Å². The quantitative estimate of drug-likeness (QED) is 0.583. The Kier molecular flexibility index (Phi) is 3.53. The van der Waals surface area contributed by atoms with E-state index in [1.54, 1.807) is 5.57 Å². The second-order valence-corrected chi connectivity index (χ2v) is 10.1. The summed E-state index contributed by atoms with van der Waals surface area (Å²) in [6, 6.07) is 0. The molecule has 0 aromatic heterocycles. The Morgan fingerprint density at radius 2 is 1.88 bits per heavy atom. The maximum atomic E-state index is 6.34. The molecular weight excluding hydrogens is 296 g/mol. The van der Waals surface area contributed by atoms with Crippen LogP contribution in [0.4, 0.5) is 0 Å². The van der Waals surface area contributed by atoms with Gasteiger partial charge in [-0.25, -0.2) is 0 Å². The largest absolute Gasteiger partial charge is 0.373 e. The van der Waals surface area contributed by atoms with Gasteiger partial charge in [-0.2, -0.15) is 0 Å². The molecule has 2 unspecified atom stereocenters. The zero-order chi connectivity index (χ0) is 16.5. The van der Waals surface area contributed by atoms with Gasteiger partial charge in [-0.1, -0.05) is 38.8 Å². The van der Waals surface area contributed by atoms with Crippen LogP contribution < -0.4 is 0 Å². The Labute approximate surface area is 147 Å². The van der Waals surface area contributed by atoms with Gasteiger partial charge in [-0.3, -0.25) is 0 Å². The molecule has 0 aromatic rings. The van der Waals surface area contributed by atoms with E-state index >= 15 is 0 Å². The van der Waals surface area contributed by atoms with E-state index in [0.717, 1.165) is 25.0 Å². The fourth-order valence-corrected chi connectivity index (χ4v) is 7.89. The highest BCUT2D eigenvalue weighted by Gasteiger charge is 2.63. The smallest absolute Gasteiger partial charge is 0.0877 e. The van der Waals surface area contributed by atoms with Crippen molar-refractivity contribution in [2.75, 3.05) is 13.2 Å². The van der Waals surface area contributed by atoms with Crippen molar-refractivity contribution in [3.63, 3.8) is 0 Å². The second kappa shape index (κ2) is 5.33. The van der Waals surface area contributed by atoms with Gasteiger partial charge >= 0.3 is 0 Å². The van der Waals surface area contributed by atoms with Crippen LogP contribution in [0.15, 0.2) is 12.2 Å². The fraction of sp³-hybridized carbons (Fsp3) is 0.909.